The molecule has 0 saturated carbocycles. The molecule has 0 spiro atoms. The van der Waals surface area contributed by atoms with Crippen LogP contribution in [-0.4, -0.2) is 11.1 Å². The zero-order valence-electron chi connectivity index (χ0n) is 7.29. The minimum atomic E-state index is -0.715. The monoisotopic (exact) mass is 166 g/mol. The van der Waals surface area contributed by atoms with E-state index in [1.165, 1.54) is 0 Å². The van der Waals surface area contributed by atoms with Gasteiger partial charge in [0.15, 0.2) is 0 Å². The van der Waals surface area contributed by atoms with Gasteiger partial charge in [-0.1, -0.05) is 37.1 Å². The van der Waals surface area contributed by atoms with Crippen molar-refractivity contribution in [1.82, 2.24) is 0 Å². The van der Waals surface area contributed by atoms with Crippen molar-refractivity contribution >= 4 is 5.97 Å². The van der Waals surface area contributed by atoms with Crippen LogP contribution in [0, 0.1) is 5.92 Å². The van der Waals surface area contributed by atoms with Crippen molar-refractivity contribution in [1.29, 1.82) is 0 Å². The Balaban J connectivity index is 2.62. The van der Waals surface area contributed by atoms with Gasteiger partial charge in [0.2, 0.25) is 0 Å². The van der Waals surface area contributed by atoms with E-state index in [2.05, 4.69) is 6.92 Å². The topological polar surface area (TPSA) is 37.3 Å². The van der Waals surface area contributed by atoms with Gasteiger partial charge in [-0.2, -0.15) is 0 Å². The lowest BCUT2D eigenvalue weighted by Gasteiger charge is -2.11. The Labute approximate surface area is 72.6 Å². The fourth-order valence-electron chi connectivity index (χ4n) is 1.38. The number of rotatable bonds is 3. The maximum Gasteiger partial charge on any atom is 0.310 e. The second-order valence-electron chi connectivity index (χ2n) is 3.07. The average molecular weight is 166 g/mol. The molecule has 66 valence electrons. The summed E-state index contributed by atoms with van der Waals surface area (Å²) < 4.78 is 0. The minimum absolute atomic E-state index is 0.295. The van der Waals surface area contributed by atoms with E-state index in [0.717, 1.165) is 18.4 Å². The van der Waals surface area contributed by atoms with Crippen molar-refractivity contribution in [2.75, 3.05) is 0 Å². The van der Waals surface area contributed by atoms with Gasteiger partial charge in [-0.3, -0.25) is 4.79 Å². The van der Waals surface area contributed by atoms with Crippen molar-refractivity contribution in [2.24, 2.45) is 5.92 Å². The minimum Gasteiger partial charge on any atom is -0.481 e. The molecule has 0 aromatic rings. The van der Waals surface area contributed by atoms with Gasteiger partial charge < -0.3 is 5.11 Å². The summed E-state index contributed by atoms with van der Waals surface area (Å²) in [5.41, 5.74) is 1.16. The standard InChI is InChI=1S/C10H14O2/c1-2-4-8-5-3-6-9(7-8)10(11)12/h3,5,7,9H,2,4,6H2,1H3,(H,11,12)/t9-/m0/s1. The van der Waals surface area contributed by atoms with Crippen LogP contribution in [0.3, 0.4) is 0 Å². The van der Waals surface area contributed by atoms with Crippen LogP contribution in [0.1, 0.15) is 26.2 Å². The Morgan fingerprint density at radius 1 is 1.75 bits per heavy atom. The van der Waals surface area contributed by atoms with Crippen LogP contribution in [-0.2, 0) is 4.79 Å². The molecule has 0 aliphatic heterocycles. The molecule has 1 atom stereocenters. The maximum absolute atomic E-state index is 10.6. The highest BCUT2D eigenvalue weighted by molar-refractivity contribution is 5.73. The van der Waals surface area contributed by atoms with Crippen LogP contribution in [0.4, 0.5) is 0 Å². The molecular weight excluding hydrogens is 152 g/mol. The third-order valence-corrected chi connectivity index (χ3v) is 1.99. The maximum atomic E-state index is 10.6. The molecule has 0 aromatic carbocycles. The van der Waals surface area contributed by atoms with Crippen molar-refractivity contribution in [3.8, 4) is 0 Å². The van der Waals surface area contributed by atoms with E-state index in [-0.39, 0.29) is 5.92 Å². The number of hydrogen-bond donors (Lipinski definition) is 1. The van der Waals surface area contributed by atoms with Crippen LogP contribution in [0.5, 0.6) is 0 Å². The second-order valence-corrected chi connectivity index (χ2v) is 3.07. The Morgan fingerprint density at radius 3 is 3.08 bits per heavy atom. The zero-order chi connectivity index (χ0) is 8.97. The lowest BCUT2D eigenvalue weighted by atomic mass is 9.94. The van der Waals surface area contributed by atoms with Crippen LogP contribution in [0.2, 0.25) is 0 Å². The molecule has 12 heavy (non-hydrogen) atoms. The molecular formula is C10H14O2. The molecule has 1 aliphatic carbocycles. The van der Waals surface area contributed by atoms with E-state index in [1.54, 1.807) is 0 Å². The summed E-state index contributed by atoms with van der Waals surface area (Å²) in [5.74, 6) is -1.01. The first-order chi connectivity index (χ1) is 5.74. The highest BCUT2D eigenvalue weighted by atomic mass is 16.4. The third kappa shape index (κ3) is 2.22. The summed E-state index contributed by atoms with van der Waals surface area (Å²) in [4.78, 5) is 10.6. The summed E-state index contributed by atoms with van der Waals surface area (Å²) in [7, 11) is 0. The molecule has 2 nitrogen and oxygen atoms in total. The third-order valence-electron chi connectivity index (χ3n) is 1.99. The van der Waals surface area contributed by atoms with Crippen LogP contribution in [0.25, 0.3) is 0 Å². The summed E-state index contributed by atoms with van der Waals surface area (Å²) >= 11 is 0. The van der Waals surface area contributed by atoms with Gasteiger partial charge >= 0.3 is 5.97 Å². The summed E-state index contributed by atoms with van der Waals surface area (Å²) in [6, 6.07) is 0. The molecule has 0 radical (unpaired) electrons. The predicted octanol–water partition coefficient (Wildman–Crippen LogP) is 2.37. The molecule has 1 rings (SSSR count). The second kappa shape index (κ2) is 4.10. The lowest BCUT2D eigenvalue weighted by molar-refractivity contribution is -0.140. The van der Waals surface area contributed by atoms with Crippen molar-refractivity contribution < 1.29 is 9.90 Å². The van der Waals surface area contributed by atoms with E-state index in [1.807, 2.05) is 18.2 Å². The van der Waals surface area contributed by atoms with Crippen molar-refractivity contribution in [2.45, 2.75) is 26.2 Å². The Kier molecular flexibility index (Phi) is 3.09. The quantitative estimate of drug-likeness (QED) is 0.698. The molecule has 1 aliphatic rings. The lowest BCUT2D eigenvalue weighted by Crippen LogP contribution is -2.12. The number of hydrogen-bond acceptors (Lipinski definition) is 1. The van der Waals surface area contributed by atoms with Gasteiger partial charge in [0.05, 0.1) is 5.92 Å². The summed E-state index contributed by atoms with van der Waals surface area (Å²) in [6.07, 6.45) is 8.55. The van der Waals surface area contributed by atoms with Gasteiger partial charge in [0.25, 0.3) is 0 Å². The molecule has 0 amide bonds. The van der Waals surface area contributed by atoms with Gasteiger partial charge in [-0.05, 0) is 12.8 Å². The fraction of sp³-hybridized carbons (Fsp3) is 0.500. The van der Waals surface area contributed by atoms with Crippen molar-refractivity contribution in [3.05, 3.63) is 23.8 Å². The average Bonchev–Trinajstić information content (AvgIpc) is 2.05. The highest BCUT2D eigenvalue weighted by Gasteiger charge is 2.15. The fourth-order valence-corrected chi connectivity index (χ4v) is 1.38. The molecule has 1 N–H and O–H groups in total. The molecule has 0 heterocycles. The van der Waals surface area contributed by atoms with E-state index in [0.29, 0.717) is 6.42 Å². The van der Waals surface area contributed by atoms with E-state index in [9.17, 15) is 4.79 Å². The molecule has 0 unspecified atom stereocenters. The molecule has 0 bridgehead atoms. The van der Waals surface area contributed by atoms with E-state index >= 15 is 0 Å². The number of aliphatic carboxylic acids is 1. The number of allylic oxidation sites excluding steroid dienone is 3. The normalized spacial score (nSPS) is 22.1. The van der Waals surface area contributed by atoms with Gasteiger partial charge in [0.1, 0.15) is 0 Å². The number of carbonyl (C=O) groups is 1. The smallest absolute Gasteiger partial charge is 0.310 e. The summed E-state index contributed by atoms with van der Waals surface area (Å²) in [6.45, 7) is 2.10. The molecule has 2 heteroatoms. The van der Waals surface area contributed by atoms with Gasteiger partial charge in [-0.25, -0.2) is 0 Å². The van der Waals surface area contributed by atoms with Crippen LogP contribution < -0.4 is 0 Å². The first-order valence-corrected chi connectivity index (χ1v) is 4.34. The Hall–Kier alpha value is -1.05. The molecule has 0 saturated heterocycles. The van der Waals surface area contributed by atoms with Gasteiger partial charge in [-0.15, -0.1) is 0 Å². The predicted molar refractivity (Wildman–Crippen MR) is 47.9 cm³/mol. The largest absolute Gasteiger partial charge is 0.481 e. The van der Waals surface area contributed by atoms with Crippen molar-refractivity contribution in [3.63, 3.8) is 0 Å². The van der Waals surface area contributed by atoms with Crippen LogP contribution in [0.15, 0.2) is 23.8 Å². The Bertz CT molecular complexity index is 226. The van der Waals surface area contributed by atoms with E-state index < -0.39 is 5.97 Å². The first kappa shape index (κ1) is 9.04. The van der Waals surface area contributed by atoms with Crippen LogP contribution >= 0.6 is 0 Å². The molecule has 0 fully saturated rings. The molecule has 0 aromatic heterocycles. The number of carboxylic acids is 1. The van der Waals surface area contributed by atoms with Gasteiger partial charge in [0, 0.05) is 0 Å². The van der Waals surface area contributed by atoms with E-state index in [4.69, 9.17) is 5.11 Å². The Morgan fingerprint density at radius 2 is 2.50 bits per heavy atom. The highest BCUT2D eigenvalue weighted by Crippen LogP contribution is 2.19. The SMILES string of the molecule is CCCC1=C[C@@H](C(=O)O)CC=C1. The summed E-state index contributed by atoms with van der Waals surface area (Å²) in [5, 5.41) is 8.75. The zero-order valence-corrected chi connectivity index (χ0v) is 7.29. The number of carboxylic acid groups (broad SMARTS) is 1. The first-order valence-electron chi connectivity index (χ1n) is 4.34.